The molecule has 1 aliphatic heterocycles. The fraction of sp³-hybridized carbons (Fsp3) is 0.387. The van der Waals surface area contributed by atoms with Crippen LogP contribution >= 0.6 is 0 Å². The van der Waals surface area contributed by atoms with Gasteiger partial charge in [-0.05, 0) is 77.7 Å². The molecule has 4 rings (SSSR count). The van der Waals surface area contributed by atoms with Crippen molar-refractivity contribution < 1.29 is 19.7 Å². The Kier molecular flexibility index (Phi) is 8.00. The first-order valence-electron chi connectivity index (χ1n) is 12.8. The van der Waals surface area contributed by atoms with Crippen LogP contribution in [0.1, 0.15) is 78.2 Å². The number of fused-ring (bicyclic) bond motifs is 3. The minimum atomic E-state index is -0.930. The number of benzene rings is 3. The molecule has 2 bridgehead atoms. The second kappa shape index (κ2) is 11.2. The molecule has 3 aromatic carbocycles. The van der Waals surface area contributed by atoms with Gasteiger partial charge in [-0.2, -0.15) is 0 Å². The van der Waals surface area contributed by atoms with Crippen LogP contribution in [0.2, 0.25) is 0 Å². The summed E-state index contributed by atoms with van der Waals surface area (Å²) in [6.07, 6.45) is 3.61. The van der Waals surface area contributed by atoms with Gasteiger partial charge in [0.15, 0.2) is 0 Å². The highest BCUT2D eigenvalue weighted by Gasteiger charge is 2.18. The summed E-state index contributed by atoms with van der Waals surface area (Å²) in [5.74, 6) is 0.175. The number of aromatic carboxylic acids is 1. The average Bonchev–Trinajstić information content (AvgIpc) is 2.82. The second-order valence-electron chi connectivity index (χ2n) is 10.8. The van der Waals surface area contributed by atoms with Gasteiger partial charge >= 0.3 is 5.97 Å². The molecule has 190 valence electrons. The third-order valence-corrected chi connectivity index (χ3v) is 6.82. The van der Waals surface area contributed by atoms with Crippen molar-refractivity contribution in [1.82, 2.24) is 4.90 Å². The Morgan fingerprint density at radius 1 is 0.972 bits per heavy atom. The maximum atomic E-state index is 11.5. The molecule has 0 radical (unpaired) electrons. The molecule has 5 heteroatoms. The first-order valence-corrected chi connectivity index (χ1v) is 12.8. The van der Waals surface area contributed by atoms with Gasteiger partial charge in [0.05, 0.1) is 12.2 Å². The third kappa shape index (κ3) is 6.67. The summed E-state index contributed by atoms with van der Waals surface area (Å²) in [5.41, 5.74) is 5.69. The van der Waals surface area contributed by atoms with Crippen LogP contribution in [0, 0.1) is 0 Å². The predicted molar refractivity (Wildman–Crippen MR) is 143 cm³/mol. The van der Waals surface area contributed by atoms with Crippen LogP contribution in [0.25, 0.3) is 0 Å². The summed E-state index contributed by atoms with van der Waals surface area (Å²) >= 11 is 0. The zero-order valence-electron chi connectivity index (χ0n) is 21.6. The number of aromatic hydroxyl groups is 1. The topological polar surface area (TPSA) is 70.0 Å². The molecule has 0 amide bonds. The number of carbonyl (C=O) groups is 1. The van der Waals surface area contributed by atoms with Crippen molar-refractivity contribution in [2.75, 3.05) is 13.2 Å². The van der Waals surface area contributed by atoms with E-state index in [-0.39, 0.29) is 11.0 Å². The molecule has 0 aromatic heterocycles. The van der Waals surface area contributed by atoms with E-state index < -0.39 is 5.97 Å². The van der Waals surface area contributed by atoms with Gasteiger partial charge in [-0.25, -0.2) is 4.79 Å². The maximum Gasteiger partial charge on any atom is 0.335 e. The maximum absolute atomic E-state index is 11.5. The van der Waals surface area contributed by atoms with Crippen LogP contribution in [0.5, 0.6) is 11.5 Å². The largest absolute Gasteiger partial charge is 0.508 e. The minimum Gasteiger partial charge on any atom is -0.508 e. The van der Waals surface area contributed by atoms with Crippen molar-refractivity contribution in [2.24, 2.45) is 0 Å². The van der Waals surface area contributed by atoms with Gasteiger partial charge in [0.1, 0.15) is 11.5 Å². The van der Waals surface area contributed by atoms with E-state index in [1.54, 1.807) is 18.2 Å². The number of phenols is 1. The van der Waals surface area contributed by atoms with Crippen LogP contribution in [-0.2, 0) is 24.9 Å². The van der Waals surface area contributed by atoms with E-state index in [0.29, 0.717) is 25.3 Å². The Hall–Kier alpha value is -3.31. The highest BCUT2D eigenvalue weighted by Crippen LogP contribution is 2.29. The van der Waals surface area contributed by atoms with Gasteiger partial charge in [-0.1, -0.05) is 57.2 Å². The smallest absolute Gasteiger partial charge is 0.335 e. The Bertz CT molecular complexity index is 1210. The monoisotopic (exact) mass is 487 g/mol. The molecule has 0 atom stereocenters. The average molecular weight is 488 g/mol. The summed E-state index contributed by atoms with van der Waals surface area (Å²) in [4.78, 5) is 14.0. The first-order chi connectivity index (χ1) is 17.2. The van der Waals surface area contributed by atoms with Crippen molar-refractivity contribution >= 4 is 5.97 Å². The number of hydrogen-bond donors (Lipinski definition) is 2. The van der Waals surface area contributed by atoms with Gasteiger partial charge in [-0.3, -0.25) is 4.90 Å². The lowest BCUT2D eigenvalue weighted by atomic mass is 9.86. The Morgan fingerprint density at radius 3 is 2.56 bits per heavy atom. The Labute approximate surface area is 214 Å². The number of rotatable bonds is 3. The van der Waals surface area contributed by atoms with E-state index >= 15 is 0 Å². The van der Waals surface area contributed by atoms with Crippen molar-refractivity contribution in [3.05, 3.63) is 94.0 Å². The molecule has 2 N–H and O–H groups in total. The van der Waals surface area contributed by atoms with E-state index in [1.807, 2.05) is 12.1 Å². The zero-order valence-corrected chi connectivity index (χ0v) is 21.6. The van der Waals surface area contributed by atoms with Crippen LogP contribution < -0.4 is 4.74 Å². The van der Waals surface area contributed by atoms with E-state index in [4.69, 9.17) is 4.74 Å². The fourth-order valence-corrected chi connectivity index (χ4v) is 4.74. The molecule has 1 aliphatic rings. The highest BCUT2D eigenvalue weighted by molar-refractivity contribution is 5.88. The van der Waals surface area contributed by atoms with Gasteiger partial charge in [0, 0.05) is 25.1 Å². The summed E-state index contributed by atoms with van der Waals surface area (Å²) in [6, 6.07) is 19.6. The van der Waals surface area contributed by atoms with E-state index in [1.165, 1.54) is 11.1 Å². The first kappa shape index (κ1) is 25.8. The van der Waals surface area contributed by atoms with Crippen molar-refractivity contribution in [2.45, 2.75) is 65.0 Å². The lowest BCUT2D eigenvalue weighted by molar-refractivity contribution is 0.0696. The van der Waals surface area contributed by atoms with E-state index in [0.717, 1.165) is 54.8 Å². The molecule has 0 aliphatic carbocycles. The Morgan fingerprint density at radius 2 is 1.78 bits per heavy atom. The zero-order chi connectivity index (χ0) is 25.7. The quantitative estimate of drug-likeness (QED) is 0.439. The standard InChI is InChI=1S/C31H37NO4/c1-31(2,3)27-11-12-28(33)26(19-27)21-32-14-5-4-6-15-36-29-13-10-24(30(34)35)18-25(29)17-22-8-7-9-23(16-22)20-32/h7-13,16,18-19,33H,4-6,14-15,17,20-21H2,1-3H3,(H,34,35). The number of carboxylic acid groups (broad SMARTS) is 1. The molecular formula is C31H37NO4. The second-order valence-corrected chi connectivity index (χ2v) is 10.8. The summed E-state index contributed by atoms with van der Waals surface area (Å²) in [6.45, 7) is 9.57. The molecular weight excluding hydrogens is 450 g/mol. The van der Waals surface area contributed by atoms with Crippen LogP contribution in [-0.4, -0.2) is 34.2 Å². The number of ether oxygens (including phenoxy) is 1. The molecule has 0 fully saturated rings. The van der Waals surface area contributed by atoms with E-state index in [9.17, 15) is 15.0 Å². The Balaban J connectivity index is 1.61. The lowest BCUT2D eigenvalue weighted by Crippen LogP contribution is -2.25. The summed E-state index contributed by atoms with van der Waals surface area (Å²) in [7, 11) is 0. The molecule has 5 nitrogen and oxygen atoms in total. The van der Waals surface area contributed by atoms with Crippen molar-refractivity contribution in [3.63, 3.8) is 0 Å². The number of carboxylic acids is 1. The van der Waals surface area contributed by atoms with Crippen molar-refractivity contribution in [3.8, 4) is 11.5 Å². The molecule has 0 saturated heterocycles. The number of nitrogens with zero attached hydrogens (tertiary/aromatic N) is 1. The van der Waals surface area contributed by atoms with Gasteiger partial charge in [-0.15, -0.1) is 0 Å². The molecule has 0 saturated carbocycles. The lowest BCUT2D eigenvalue weighted by Gasteiger charge is -2.26. The number of phenolic OH excluding ortho intramolecular Hbond substituents is 1. The normalized spacial score (nSPS) is 15.4. The summed E-state index contributed by atoms with van der Waals surface area (Å²) in [5, 5.41) is 20.1. The third-order valence-electron chi connectivity index (χ3n) is 6.82. The van der Waals surface area contributed by atoms with Crippen LogP contribution in [0.3, 0.4) is 0 Å². The molecule has 36 heavy (non-hydrogen) atoms. The fourth-order valence-electron chi connectivity index (χ4n) is 4.74. The SMILES string of the molecule is CC(C)(C)c1ccc(O)c(CN2CCCCCOc3ccc(C(=O)O)cc3Cc3cccc(c3)C2)c1. The predicted octanol–water partition coefficient (Wildman–Crippen LogP) is 6.54. The molecule has 3 aromatic rings. The van der Waals surface area contributed by atoms with Gasteiger partial charge in [0.25, 0.3) is 0 Å². The molecule has 0 unspecified atom stereocenters. The number of hydrogen-bond acceptors (Lipinski definition) is 4. The highest BCUT2D eigenvalue weighted by atomic mass is 16.5. The minimum absolute atomic E-state index is 0.0200. The van der Waals surface area contributed by atoms with Crippen LogP contribution in [0.4, 0.5) is 0 Å². The van der Waals surface area contributed by atoms with Crippen LogP contribution in [0.15, 0.2) is 60.7 Å². The van der Waals surface area contributed by atoms with E-state index in [2.05, 4.69) is 56.0 Å². The van der Waals surface area contributed by atoms with Gasteiger partial charge in [0.2, 0.25) is 0 Å². The molecule has 0 spiro atoms. The van der Waals surface area contributed by atoms with Gasteiger partial charge < -0.3 is 14.9 Å². The summed E-state index contributed by atoms with van der Waals surface area (Å²) < 4.78 is 6.08. The molecule has 1 heterocycles. The van der Waals surface area contributed by atoms with Crippen molar-refractivity contribution in [1.29, 1.82) is 0 Å².